The van der Waals surface area contributed by atoms with E-state index in [2.05, 4.69) is 30.7 Å². The van der Waals surface area contributed by atoms with Crippen LogP contribution in [0, 0.1) is 6.42 Å². The molecule has 1 aromatic carbocycles. The topological polar surface area (TPSA) is 9.23 Å². The predicted octanol–water partition coefficient (Wildman–Crippen LogP) is 3.56. The minimum atomic E-state index is 0.745. The molecule has 1 saturated carbocycles. The second-order valence-electron chi connectivity index (χ2n) is 3.93. The maximum Gasteiger partial charge on any atom is 0.118 e. The molecule has 2 rings (SSSR count). The number of methoxy groups -OCH3 is 1. The summed E-state index contributed by atoms with van der Waals surface area (Å²) in [5.41, 5.74) is 1.46. The van der Waals surface area contributed by atoms with Gasteiger partial charge >= 0.3 is 0 Å². The lowest BCUT2D eigenvalue weighted by atomic mass is 9.84. The van der Waals surface area contributed by atoms with E-state index in [1.54, 1.807) is 7.11 Å². The van der Waals surface area contributed by atoms with Crippen LogP contribution < -0.4 is 4.74 Å². The highest BCUT2D eigenvalue weighted by atomic mass is 16.5. The first-order valence-corrected chi connectivity index (χ1v) is 5.36. The van der Waals surface area contributed by atoms with Gasteiger partial charge in [-0.1, -0.05) is 25.0 Å². The zero-order valence-corrected chi connectivity index (χ0v) is 8.70. The maximum atomic E-state index is 5.15. The molecule has 0 bridgehead atoms. The van der Waals surface area contributed by atoms with Gasteiger partial charge in [-0.05, 0) is 42.9 Å². The molecular formula is C13H17O. The zero-order valence-electron chi connectivity index (χ0n) is 8.70. The normalized spacial score (nSPS) is 18.1. The Kier molecular flexibility index (Phi) is 3.07. The van der Waals surface area contributed by atoms with Crippen molar-refractivity contribution >= 4 is 0 Å². The van der Waals surface area contributed by atoms with Gasteiger partial charge in [0.05, 0.1) is 7.11 Å². The average molecular weight is 189 g/mol. The van der Waals surface area contributed by atoms with Crippen molar-refractivity contribution in [3.8, 4) is 5.75 Å². The van der Waals surface area contributed by atoms with Crippen LogP contribution in [0.15, 0.2) is 24.3 Å². The molecule has 0 aromatic heterocycles. The van der Waals surface area contributed by atoms with E-state index in [1.807, 2.05) is 0 Å². The highest BCUT2D eigenvalue weighted by Crippen LogP contribution is 2.32. The van der Waals surface area contributed by atoms with E-state index in [0.717, 1.165) is 11.7 Å². The smallest absolute Gasteiger partial charge is 0.118 e. The summed E-state index contributed by atoms with van der Waals surface area (Å²) in [7, 11) is 1.71. The number of ether oxygens (including phenoxy) is 1. The molecule has 1 atom stereocenters. The number of hydrogen-bond donors (Lipinski definition) is 0. The fourth-order valence-corrected chi connectivity index (χ4v) is 2.12. The van der Waals surface area contributed by atoms with Gasteiger partial charge in [0.2, 0.25) is 0 Å². The van der Waals surface area contributed by atoms with Crippen molar-refractivity contribution in [2.75, 3.05) is 7.11 Å². The molecule has 1 fully saturated rings. The summed E-state index contributed by atoms with van der Waals surface area (Å²) >= 11 is 0. The molecule has 14 heavy (non-hydrogen) atoms. The molecule has 1 aromatic rings. The maximum absolute atomic E-state index is 5.15. The van der Waals surface area contributed by atoms with Crippen molar-refractivity contribution in [2.45, 2.75) is 31.6 Å². The number of benzene rings is 1. The first-order chi connectivity index (χ1) is 6.90. The Labute approximate surface area is 86.1 Å². The Morgan fingerprint density at radius 1 is 1.21 bits per heavy atom. The Morgan fingerprint density at radius 2 is 2.00 bits per heavy atom. The standard InChI is InChI=1S/C13H17O/c1-14-13-9-7-12(8-10-13)11-5-3-2-4-6-11/h3,7-11H,2,4-6H2,1H3. The first-order valence-electron chi connectivity index (χ1n) is 5.36. The molecule has 0 heterocycles. The van der Waals surface area contributed by atoms with Gasteiger partial charge in [0.15, 0.2) is 0 Å². The lowest BCUT2D eigenvalue weighted by Crippen LogP contribution is -2.04. The van der Waals surface area contributed by atoms with Gasteiger partial charge in [0.1, 0.15) is 5.75 Å². The lowest BCUT2D eigenvalue weighted by Gasteiger charge is -2.21. The van der Waals surface area contributed by atoms with Gasteiger partial charge in [0, 0.05) is 0 Å². The van der Waals surface area contributed by atoms with Crippen LogP contribution in [0.25, 0.3) is 0 Å². The Bertz CT molecular complexity index is 270. The minimum Gasteiger partial charge on any atom is -0.497 e. The first kappa shape index (κ1) is 9.57. The van der Waals surface area contributed by atoms with Crippen molar-refractivity contribution in [1.82, 2.24) is 0 Å². The molecule has 1 aliphatic rings. The Hall–Kier alpha value is -0.980. The molecule has 0 spiro atoms. The molecule has 0 saturated heterocycles. The van der Waals surface area contributed by atoms with Crippen LogP contribution >= 0.6 is 0 Å². The number of rotatable bonds is 2. The third-order valence-corrected chi connectivity index (χ3v) is 3.00. The van der Waals surface area contributed by atoms with E-state index in [4.69, 9.17) is 4.74 Å². The monoisotopic (exact) mass is 189 g/mol. The van der Waals surface area contributed by atoms with Gasteiger partial charge in [-0.15, -0.1) is 0 Å². The van der Waals surface area contributed by atoms with Gasteiger partial charge in [0.25, 0.3) is 0 Å². The van der Waals surface area contributed by atoms with Crippen LogP contribution in [0.3, 0.4) is 0 Å². The molecule has 0 N–H and O–H groups in total. The van der Waals surface area contributed by atoms with Crippen LogP contribution in [0.2, 0.25) is 0 Å². The molecule has 1 aliphatic carbocycles. The van der Waals surface area contributed by atoms with Crippen LogP contribution in [-0.4, -0.2) is 7.11 Å². The van der Waals surface area contributed by atoms with Crippen molar-refractivity contribution in [3.05, 3.63) is 36.2 Å². The molecule has 1 heteroatoms. The molecule has 0 amide bonds. The molecule has 0 aliphatic heterocycles. The Morgan fingerprint density at radius 3 is 2.57 bits per heavy atom. The lowest BCUT2D eigenvalue weighted by molar-refractivity contribution is 0.414. The fraction of sp³-hybridized carbons (Fsp3) is 0.462. The van der Waals surface area contributed by atoms with Crippen LogP contribution in [0.5, 0.6) is 5.75 Å². The Balaban J connectivity index is 2.07. The quantitative estimate of drug-likeness (QED) is 0.691. The molecule has 1 unspecified atom stereocenters. The van der Waals surface area contributed by atoms with Crippen molar-refractivity contribution in [3.63, 3.8) is 0 Å². The fourth-order valence-electron chi connectivity index (χ4n) is 2.12. The van der Waals surface area contributed by atoms with Gasteiger partial charge in [-0.3, -0.25) is 0 Å². The third-order valence-electron chi connectivity index (χ3n) is 3.00. The van der Waals surface area contributed by atoms with E-state index in [9.17, 15) is 0 Å². The molecule has 1 nitrogen and oxygen atoms in total. The second-order valence-corrected chi connectivity index (χ2v) is 3.93. The highest BCUT2D eigenvalue weighted by molar-refractivity contribution is 5.29. The van der Waals surface area contributed by atoms with E-state index in [0.29, 0.717) is 0 Å². The summed E-state index contributed by atoms with van der Waals surface area (Å²) in [5, 5.41) is 0. The summed E-state index contributed by atoms with van der Waals surface area (Å²) in [6.45, 7) is 0. The average Bonchev–Trinajstić information content (AvgIpc) is 2.30. The zero-order chi connectivity index (χ0) is 9.80. The van der Waals surface area contributed by atoms with Crippen molar-refractivity contribution < 1.29 is 4.74 Å². The third kappa shape index (κ3) is 2.09. The van der Waals surface area contributed by atoms with Gasteiger partial charge in [-0.2, -0.15) is 0 Å². The van der Waals surface area contributed by atoms with Gasteiger partial charge < -0.3 is 4.74 Å². The van der Waals surface area contributed by atoms with Crippen molar-refractivity contribution in [1.29, 1.82) is 0 Å². The predicted molar refractivity (Wildman–Crippen MR) is 58.5 cm³/mol. The van der Waals surface area contributed by atoms with E-state index in [-0.39, 0.29) is 0 Å². The second kappa shape index (κ2) is 4.50. The van der Waals surface area contributed by atoms with Gasteiger partial charge in [-0.25, -0.2) is 0 Å². The summed E-state index contributed by atoms with van der Waals surface area (Å²) in [6, 6.07) is 8.51. The summed E-state index contributed by atoms with van der Waals surface area (Å²) in [6.07, 6.45) is 7.64. The minimum absolute atomic E-state index is 0.745. The van der Waals surface area contributed by atoms with E-state index in [1.165, 1.54) is 31.2 Å². The summed E-state index contributed by atoms with van der Waals surface area (Å²) in [4.78, 5) is 0. The molecular weight excluding hydrogens is 172 g/mol. The van der Waals surface area contributed by atoms with E-state index >= 15 is 0 Å². The van der Waals surface area contributed by atoms with E-state index < -0.39 is 0 Å². The van der Waals surface area contributed by atoms with Crippen LogP contribution in [0.4, 0.5) is 0 Å². The summed E-state index contributed by atoms with van der Waals surface area (Å²) < 4.78 is 5.15. The highest BCUT2D eigenvalue weighted by Gasteiger charge is 2.15. The molecule has 1 radical (unpaired) electrons. The van der Waals surface area contributed by atoms with Crippen LogP contribution in [-0.2, 0) is 0 Å². The van der Waals surface area contributed by atoms with Crippen LogP contribution in [0.1, 0.15) is 37.2 Å². The molecule has 75 valence electrons. The van der Waals surface area contributed by atoms with Crippen molar-refractivity contribution in [2.24, 2.45) is 0 Å². The summed E-state index contributed by atoms with van der Waals surface area (Å²) in [5.74, 6) is 1.70. The largest absolute Gasteiger partial charge is 0.497 e. The number of hydrogen-bond acceptors (Lipinski definition) is 1. The SMILES string of the molecule is COc1ccc(C2C[CH]CCC2)cc1.